The first-order valence-electron chi connectivity index (χ1n) is 4.37. The molecule has 0 amide bonds. The summed E-state index contributed by atoms with van der Waals surface area (Å²) in [6, 6.07) is 3.13. The molecule has 4 nitrogen and oxygen atoms in total. The third kappa shape index (κ3) is 1.79. The van der Waals surface area contributed by atoms with Gasteiger partial charge in [0.25, 0.3) is 0 Å². The molecular weight excluding hydrogens is 182 g/mol. The second-order valence-electron chi connectivity index (χ2n) is 2.95. The average Bonchev–Trinajstić information content (AvgIpc) is 2.16. The smallest absolute Gasteiger partial charge is 0.337 e. The molecule has 4 heteroatoms. The van der Waals surface area contributed by atoms with Crippen LogP contribution in [0.3, 0.4) is 0 Å². The molecule has 0 unspecified atom stereocenters. The van der Waals surface area contributed by atoms with Crippen molar-refractivity contribution >= 4 is 11.7 Å². The zero-order chi connectivity index (χ0) is 10.7. The topological polar surface area (TPSA) is 69.6 Å². The quantitative estimate of drug-likeness (QED) is 0.642. The van der Waals surface area contributed by atoms with E-state index >= 15 is 0 Å². The number of carbonyl (C=O) groups is 1. The summed E-state index contributed by atoms with van der Waals surface area (Å²) in [6.07, 6.45) is 0.692. The number of rotatable bonds is 3. The van der Waals surface area contributed by atoms with E-state index in [0.29, 0.717) is 6.42 Å². The molecule has 1 aromatic rings. The molecule has 1 aromatic carbocycles. The lowest BCUT2D eigenvalue weighted by Gasteiger charge is -2.09. The molecule has 0 aliphatic rings. The molecule has 0 spiro atoms. The van der Waals surface area contributed by atoms with Crippen LogP contribution in [0.15, 0.2) is 12.1 Å². The van der Waals surface area contributed by atoms with Gasteiger partial charge in [0.05, 0.1) is 11.3 Å². The summed E-state index contributed by atoms with van der Waals surface area (Å²) >= 11 is 0. The van der Waals surface area contributed by atoms with Crippen molar-refractivity contribution < 1.29 is 15.0 Å². The highest BCUT2D eigenvalue weighted by Gasteiger charge is 2.13. The fourth-order valence-electron chi connectivity index (χ4n) is 1.32. The van der Waals surface area contributed by atoms with Crippen molar-refractivity contribution in [2.24, 2.45) is 0 Å². The highest BCUT2D eigenvalue weighted by atomic mass is 16.4. The summed E-state index contributed by atoms with van der Waals surface area (Å²) in [5.41, 5.74) is 1.16. The molecule has 0 atom stereocenters. The maximum absolute atomic E-state index is 10.8. The van der Waals surface area contributed by atoms with Crippen LogP contribution >= 0.6 is 0 Å². The van der Waals surface area contributed by atoms with E-state index in [9.17, 15) is 9.90 Å². The fourth-order valence-corrected chi connectivity index (χ4v) is 1.32. The molecule has 0 aromatic heterocycles. The van der Waals surface area contributed by atoms with E-state index in [1.807, 2.05) is 6.92 Å². The Bertz CT molecular complexity index is 361. The molecule has 0 bridgehead atoms. The van der Waals surface area contributed by atoms with Gasteiger partial charge in [0.1, 0.15) is 5.75 Å². The van der Waals surface area contributed by atoms with Crippen LogP contribution < -0.4 is 5.32 Å². The largest absolute Gasteiger partial charge is 0.506 e. The molecular formula is C10H13NO3. The van der Waals surface area contributed by atoms with Gasteiger partial charge in [0.2, 0.25) is 0 Å². The van der Waals surface area contributed by atoms with E-state index in [1.54, 1.807) is 19.2 Å². The van der Waals surface area contributed by atoms with Crippen molar-refractivity contribution in [2.75, 3.05) is 12.4 Å². The molecule has 1 rings (SSSR count). The molecule has 76 valence electrons. The van der Waals surface area contributed by atoms with Crippen molar-refractivity contribution in [2.45, 2.75) is 13.3 Å². The van der Waals surface area contributed by atoms with E-state index in [1.165, 1.54) is 0 Å². The minimum Gasteiger partial charge on any atom is -0.506 e. The average molecular weight is 195 g/mol. The lowest BCUT2D eigenvalue weighted by Crippen LogP contribution is -2.04. The first-order valence-corrected chi connectivity index (χ1v) is 4.37. The fraction of sp³-hybridized carbons (Fsp3) is 0.300. The number of anilines is 1. The maximum Gasteiger partial charge on any atom is 0.337 e. The number of hydrogen-bond acceptors (Lipinski definition) is 3. The first-order chi connectivity index (χ1) is 6.60. The molecule has 14 heavy (non-hydrogen) atoms. The van der Waals surface area contributed by atoms with Gasteiger partial charge in [-0.05, 0) is 24.1 Å². The van der Waals surface area contributed by atoms with E-state index in [0.717, 1.165) is 5.56 Å². The lowest BCUT2D eigenvalue weighted by molar-refractivity contribution is 0.0697. The zero-order valence-corrected chi connectivity index (χ0v) is 8.16. The first kappa shape index (κ1) is 10.4. The summed E-state index contributed by atoms with van der Waals surface area (Å²) in [7, 11) is 1.58. The Morgan fingerprint density at radius 3 is 2.57 bits per heavy atom. The molecule has 0 aliphatic heterocycles. The highest BCUT2D eigenvalue weighted by Crippen LogP contribution is 2.29. The second-order valence-corrected chi connectivity index (χ2v) is 2.95. The van der Waals surface area contributed by atoms with Gasteiger partial charge >= 0.3 is 5.97 Å². The van der Waals surface area contributed by atoms with Crippen molar-refractivity contribution in [3.63, 3.8) is 0 Å². The number of carboxylic acid groups (broad SMARTS) is 1. The predicted octanol–water partition coefficient (Wildman–Crippen LogP) is 1.69. The number of aromatic carboxylic acids is 1. The number of benzene rings is 1. The summed E-state index contributed by atoms with van der Waals surface area (Å²) in [6.45, 7) is 1.90. The number of aryl methyl sites for hydroxylation is 1. The van der Waals surface area contributed by atoms with Crippen molar-refractivity contribution in [3.05, 3.63) is 23.3 Å². The molecule has 0 aliphatic carbocycles. The normalized spacial score (nSPS) is 9.86. The van der Waals surface area contributed by atoms with Gasteiger partial charge in [0, 0.05) is 7.05 Å². The van der Waals surface area contributed by atoms with Crippen molar-refractivity contribution in [1.82, 2.24) is 0 Å². The predicted molar refractivity (Wildman–Crippen MR) is 54.0 cm³/mol. The minimum absolute atomic E-state index is 0.0238. The molecule has 3 N–H and O–H groups in total. The Hall–Kier alpha value is -1.71. The lowest BCUT2D eigenvalue weighted by atomic mass is 10.1. The Kier molecular flexibility index (Phi) is 2.96. The molecule has 0 saturated heterocycles. The van der Waals surface area contributed by atoms with Crippen LogP contribution in [0.4, 0.5) is 5.69 Å². The van der Waals surface area contributed by atoms with Crippen molar-refractivity contribution in [3.8, 4) is 5.75 Å². The summed E-state index contributed by atoms with van der Waals surface area (Å²) in [4.78, 5) is 10.8. The summed E-state index contributed by atoms with van der Waals surface area (Å²) in [5.74, 6) is -1.07. The zero-order valence-electron chi connectivity index (χ0n) is 8.16. The van der Waals surface area contributed by atoms with Crippen LogP contribution in [-0.4, -0.2) is 23.2 Å². The third-order valence-electron chi connectivity index (χ3n) is 2.07. The Morgan fingerprint density at radius 2 is 2.14 bits per heavy atom. The monoisotopic (exact) mass is 195 g/mol. The summed E-state index contributed by atoms with van der Waals surface area (Å²) < 4.78 is 0. The van der Waals surface area contributed by atoms with Crippen LogP contribution in [0.5, 0.6) is 5.75 Å². The van der Waals surface area contributed by atoms with Gasteiger partial charge in [0.15, 0.2) is 0 Å². The molecule has 0 radical (unpaired) electrons. The Morgan fingerprint density at radius 1 is 1.50 bits per heavy atom. The number of phenolic OH excluding ortho intramolecular Hbond substituents is 1. The van der Waals surface area contributed by atoms with Crippen LogP contribution in [0, 0.1) is 0 Å². The number of aromatic hydroxyl groups is 1. The van der Waals surface area contributed by atoms with E-state index in [4.69, 9.17) is 5.11 Å². The van der Waals surface area contributed by atoms with Crippen LogP contribution in [-0.2, 0) is 6.42 Å². The second kappa shape index (κ2) is 4.00. The van der Waals surface area contributed by atoms with Crippen LogP contribution in [0.25, 0.3) is 0 Å². The molecule has 0 heterocycles. The highest BCUT2D eigenvalue weighted by molar-refractivity contribution is 5.96. The van der Waals surface area contributed by atoms with E-state index < -0.39 is 5.97 Å². The van der Waals surface area contributed by atoms with Gasteiger partial charge < -0.3 is 15.5 Å². The van der Waals surface area contributed by atoms with Gasteiger partial charge in [-0.1, -0.05) is 6.92 Å². The standard InChI is InChI=1S/C10H13NO3/c1-3-6-4-7(10(13)14)9(11-2)8(12)5-6/h4-5,11-12H,3H2,1-2H3,(H,13,14). The Labute approximate surface area is 82.2 Å². The van der Waals surface area contributed by atoms with Crippen LogP contribution in [0.1, 0.15) is 22.8 Å². The van der Waals surface area contributed by atoms with E-state index in [2.05, 4.69) is 5.32 Å². The third-order valence-corrected chi connectivity index (χ3v) is 2.07. The SMILES string of the molecule is CCc1cc(O)c(NC)c(C(=O)O)c1. The molecule has 0 saturated carbocycles. The van der Waals surface area contributed by atoms with Gasteiger partial charge in [-0.25, -0.2) is 4.79 Å². The molecule has 0 fully saturated rings. The van der Waals surface area contributed by atoms with Crippen LogP contribution in [0.2, 0.25) is 0 Å². The maximum atomic E-state index is 10.8. The minimum atomic E-state index is -1.04. The van der Waals surface area contributed by atoms with Gasteiger partial charge in [-0.15, -0.1) is 0 Å². The summed E-state index contributed by atoms with van der Waals surface area (Å²) in [5, 5.41) is 21.1. The number of hydrogen-bond donors (Lipinski definition) is 3. The number of nitrogens with one attached hydrogen (secondary N) is 1. The van der Waals surface area contributed by atoms with Gasteiger partial charge in [-0.3, -0.25) is 0 Å². The van der Waals surface area contributed by atoms with Gasteiger partial charge in [-0.2, -0.15) is 0 Å². The Balaban J connectivity index is 3.35. The van der Waals surface area contributed by atoms with E-state index in [-0.39, 0.29) is 17.0 Å². The number of phenols is 1. The number of carboxylic acids is 1. The van der Waals surface area contributed by atoms with Crippen molar-refractivity contribution in [1.29, 1.82) is 0 Å².